The van der Waals surface area contributed by atoms with E-state index in [0.717, 1.165) is 11.6 Å². The molecule has 0 bridgehead atoms. The van der Waals surface area contributed by atoms with Crippen molar-refractivity contribution >= 4 is 5.95 Å². The van der Waals surface area contributed by atoms with Crippen molar-refractivity contribution in [3.63, 3.8) is 0 Å². The van der Waals surface area contributed by atoms with Gasteiger partial charge in [0.05, 0.1) is 5.69 Å². The van der Waals surface area contributed by atoms with E-state index in [1.165, 1.54) is 0 Å². The van der Waals surface area contributed by atoms with E-state index in [-0.39, 0.29) is 0 Å². The maximum absolute atomic E-state index is 4.30. The predicted octanol–water partition coefficient (Wildman–Crippen LogP) is 1.55. The Morgan fingerprint density at radius 3 is 2.55 bits per heavy atom. The van der Waals surface area contributed by atoms with Crippen LogP contribution in [0, 0.1) is 6.92 Å². The van der Waals surface area contributed by atoms with Crippen LogP contribution in [0.1, 0.15) is 19.5 Å². The Balaban J connectivity index is 2.77. The van der Waals surface area contributed by atoms with Gasteiger partial charge in [0.1, 0.15) is 0 Å². The van der Waals surface area contributed by atoms with Gasteiger partial charge in [0.25, 0.3) is 0 Å². The van der Waals surface area contributed by atoms with Crippen molar-refractivity contribution in [2.45, 2.75) is 26.8 Å². The number of anilines is 1. The summed E-state index contributed by atoms with van der Waals surface area (Å²) < 4.78 is 2.00. The molecule has 0 radical (unpaired) electrons. The first kappa shape index (κ1) is 8.11. The van der Waals surface area contributed by atoms with Crippen molar-refractivity contribution in [1.82, 2.24) is 9.55 Å². The molecule has 3 heteroatoms. The standard InChI is InChI=1S/C8H15N3/c1-6(2)9-8-10-7(3)5-11(8)4/h5-6H,1-4H3,(H,9,10). The maximum atomic E-state index is 4.30. The molecule has 0 saturated heterocycles. The molecule has 0 aliphatic rings. The molecule has 0 aromatic carbocycles. The van der Waals surface area contributed by atoms with Gasteiger partial charge in [0.15, 0.2) is 0 Å². The van der Waals surface area contributed by atoms with Crippen LogP contribution in [-0.2, 0) is 7.05 Å². The highest BCUT2D eigenvalue weighted by molar-refractivity contribution is 5.28. The fraction of sp³-hybridized carbons (Fsp3) is 0.625. The summed E-state index contributed by atoms with van der Waals surface area (Å²) in [5.41, 5.74) is 1.05. The van der Waals surface area contributed by atoms with Gasteiger partial charge in [-0.25, -0.2) is 4.98 Å². The number of hydrogen-bond acceptors (Lipinski definition) is 2. The van der Waals surface area contributed by atoms with Crippen LogP contribution < -0.4 is 5.32 Å². The predicted molar refractivity (Wildman–Crippen MR) is 46.7 cm³/mol. The Kier molecular flexibility index (Phi) is 2.17. The Labute approximate surface area is 67.4 Å². The van der Waals surface area contributed by atoms with Crippen LogP contribution in [0.15, 0.2) is 6.20 Å². The van der Waals surface area contributed by atoms with Gasteiger partial charge in [-0.15, -0.1) is 0 Å². The molecule has 0 aliphatic heterocycles. The largest absolute Gasteiger partial charge is 0.353 e. The summed E-state index contributed by atoms with van der Waals surface area (Å²) in [6.07, 6.45) is 2.00. The molecule has 0 spiro atoms. The van der Waals surface area contributed by atoms with E-state index >= 15 is 0 Å². The molecule has 0 unspecified atom stereocenters. The first-order chi connectivity index (χ1) is 5.09. The molecular formula is C8H15N3. The quantitative estimate of drug-likeness (QED) is 0.698. The molecule has 0 fully saturated rings. The van der Waals surface area contributed by atoms with E-state index in [1.54, 1.807) is 0 Å². The van der Waals surface area contributed by atoms with E-state index in [1.807, 2.05) is 24.7 Å². The van der Waals surface area contributed by atoms with Crippen LogP contribution in [-0.4, -0.2) is 15.6 Å². The van der Waals surface area contributed by atoms with Crippen molar-refractivity contribution in [2.24, 2.45) is 7.05 Å². The molecule has 0 atom stereocenters. The lowest BCUT2D eigenvalue weighted by Gasteiger charge is -2.07. The first-order valence-corrected chi connectivity index (χ1v) is 3.86. The SMILES string of the molecule is Cc1cn(C)c(NC(C)C)n1. The molecule has 0 amide bonds. The number of aromatic nitrogens is 2. The van der Waals surface area contributed by atoms with Gasteiger partial charge in [-0.2, -0.15) is 0 Å². The topological polar surface area (TPSA) is 29.9 Å². The number of aryl methyl sites for hydroxylation is 2. The highest BCUT2D eigenvalue weighted by Gasteiger charge is 2.01. The van der Waals surface area contributed by atoms with Gasteiger partial charge in [-0.05, 0) is 20.8 Å². The smallest absolute Gasteiger partial charge is 0.202 e. The van der Waals surface area contributed by atoms with Crippen LogP contribution in [0.25, 0.3) is 0 Å². The van der Waals surface area contributed by atoms with Crippen LogP contribution in [0.2, 0.25) is 0 Å². The zero-order valence-electron chi connectivity index (χ0n) is 7.55. The number of nitrogens with zero attached hydrogens (tertiary/aromatic N) is 2. The summed E-state index contributed by atoms with van der Waals surface area (Å²) in [6.45, 7) is 6.19. The zero-order valence-corrected chi connectivity index (χ0v) is 7.55. The minimum atomic E-state index is 0.440. The summed E-state index contributed by atoms with van der Waals surface area (Å²) in [4.78, 5) is 4.30. The van der Waals surface area contributed by atoms with Crippen molar-refractivity contribution in [1.29, 1.82) is 0 Å². The number of rotatable bonds is 2. The summed E-state index contributed by atoms with van der Waals surface area (Å²) in [5, 5.41) is 3.25. The van der Waals surface area contributed by atoms with Crippen molar-refractivity contribution in [3.05, 3.63) is 11.9 Å². The second-order valence-corrected chi connectivity index (χ2v) is 3.12. The molecule has 0 aliphatic carbocycles. The van der Waals surface area contributed by atoms with E-state index in [4.69, 9.17) is 0 Å². The minimum absolute atomic E-state index is 0.440. The van der Waals surface area contributed by atoms with Gasteiger partial charge >= 0.3 is 0 Å². The average molecular weight is 153 g/mol. The monoisotopic (exact) mass is 153 g/mol. The molecule has 11 heavy (non-hydrogen) atoms. The Hall–Kier alpha value is -0.990. The van der Waals surface area contributed by atoms with Gasteiger partial charge in [-0.1, -0.05) is 0 Å². The molecular weight excluding hydrogens is 138 g/mol. The first-order valence-electron chi connectivity index (χ1n) is 3.86. The van der Waals surface area contributed by atoms with Gasteiger partial charge in [0.2, 0.25) is 5.95 Å². The minimum Gasteiger partial charge on any atom is -0.353 e. The van der Waals surface area contributed by atoms with Crippen LogP contribution in [0.3, 0.4) is 0 Å². The van der Waals surface area contributed by atoms with E-state index < -0.39 is 0 Å². The molecule has 62 valence electrons. The van der Waals surface area contributed by atoms with Gasteiger partial charge < -0.3 is 9.88 Å². The lowest BCUT2D eigenvalue weighted by atomic mass is 10.4. The number of nitrogens with one attached hydrogen (secondary N) is 1. The highest BCUT2D eigenvalue weighted by Crippen LogP contribution is 2.06. The summed E-state index contributed by atoms with van der Waals surface area (Å²) >= 11 is 0. The summed E-state index contributed by atoms with van der Waals surface area (Å²) in [6, 6.07) is 0.440. The molecule has 1 rings (SSSR count). The van der Waals surface area contributed by atoms with E-state index in [9.17, 15) is 0 Å². The average Bonchev–Trinajstić information content (AvgIpc) is 2.09. The lowest BCUT2D eigenvalue weighted by molar-refractivity contribution is 0.832. The van der Waals surface area contributed by atoms with Crippen LogP contribution in [0.4, 0.5) is 5.95 Å². The van der Waals surface area contributed by atoms with Crippen molar-refractivity contribution in [3.8, 4) is 0 Å². The van der Waals surface area contributed by atoms with E-state index in [2.05, 4.69) is 24.1 Å². The van der Waals surface area contributed by atoms with Crippen LogP contribution >= 0.6 is 0 Å². The molecule has 3 nitrogen and oxygen atoms in total. The highest BCUT2D eigenvalue weighted by atomic mass is 15.2. The zero-order chi connectivity index (χ0) is 8.43. The molecule has 0 saturated carbocycles. The Morgan fingerprint density at radius 1 is 1.55 bits per heavy atom. The van der Waals surface area contributed by atoms with Gasteiger partial charge in [0, 0.05) is 19.3 Å². The second-order valence-electron chi connectivity index (χ2n) is 3.12. The van der Waals surface area contributed by atoms with E-state index in [0.29, 0.717) is 6.04 Å². The Morgan fingerprint density at radius 2 is 2.18 bits per heavy atom. The lowest BCUT2D eigenvalue weighted by Crippen LogP contribution is -2.13. The molecule has 1 aromatic heterocycles. The third-order valence-electron chi connectivity index (χ3n) is 1.41. The molecule has 1 N–H and O–H groups in total. The Bertz CT molecular complexity index is 237. The summed E-state index contributed by atoms with van der Waals surface area (Å²) in [7, 11) is 1.99. The third-order valence-corrected chi connectivity index (χ3v) is 1.41. The second kappa shape index (κ2) is 2.95. The van der Waals surface area contributed by atoms with Crippen molar-refractivity contribution < 1.29 is 0 Å². The maximum Gasteiger partial charge on any atom is 0.202 e. The molecule has 1 aromatic rings. The number of hydrogen-bond donors (Lipinski definition) is 1. The van der Waals surface area contributed by atoms with Crippen molar-refractivity contribution in [2.75, 3.05) is 5.32 Å². The fourth-order valence-electron chi connectivity index (χ4n) is 1.01. The molecule has 1 heterocycles. The summed E-state index contributed by atoms with van der Waals surface area (Å²) in [5.74, 6) is 0.942. The third kappa shape index (κ3) is 1.97. The van der Waals surface area contributed by atoms with Crippen LogP contribution in [0.5, 0.6) is 0 Å². The fourth-order valence-corrected chi connectivity index (χ4v) is 1.01. The van der Waals surface area contributed by atoms with Gasteiger partial charge in [-0.3, -0.25) is 0 Å². The number of imidazole rings is 1. The normalized spacial score (nSPS) is 10.6.